The Morgan fingerprint density at radius 2 is 2.45 bits per heavy atom. The van der Waals surface area contributed by atoms with Crippen molar-refractivity contribution in [3.8, 4) is 5.75 Å². The van der Waals surface area contributed by atoms with E-state index in [4.69, 9.17) is 11.2 Å². The predicted octanol–water partition coefficient (Wildman–Crippen LogP) is 1.50. The smallest absolute Gasteiger partial charge is 0.121 e. The highest BCUT2D eigenvalue weighted by Crippen LogP contribution is 2.17. The van der Waals surface area contributed by atoms with Gasteiger partial charge in [0.1, 0.15) is 5.75 Å². The summed E-state index contributed by atoms with van der Waals surface area (Å²) in [6.07, 6.45) is 0. The van der Waals surface area contributed by atoms with Crippen molar-refractivity contribution >= 4 is 0 Å². The summed E-state index contributed by atoms with van der Waals surface area (Å²) in [7, 11) is 1.58. The fraction of sp³-hybridized carbons (Fsp3) is 0.333. The summed E-state index contributed by atoms with van der Waals surface area (Å²) in [6.45, 7) is 0.188. The van der Waals surface area contributed by atoms with E-state index in [9.17, 15) is 0 Å². The number of aryl methyl sites for hydroxylation is 1. The van der Waals surface area contributed by atoms with E-state index in [0.29, 0.717) is 5.75 Å². The van der Waals surface area contributed by atoms with E-state index < -0.39 is 0 Å². The van der Waals surface area contributed by atoms with Gasteiger partial charge in [0.15, 0.2) is 0 Å². The molecule has 0 saturated heterocycles. The van der Waals surface area contributed by atoms with Crippen LogP contribution in [0.3, 0.4) is 0 Å². The maximum atomic E-state index is 8.82. The lowest BCUT2D eigenvalue weighted by molar-refractivity contribution is 0.281. The third-order valence-electron chi connectivity index (χ3n) is 1.53. The van der Waals surface area contributed by atoms with Crippen LogP contribution < -0.4 is 4.74 Å². The molecule has 1 N–H and O–H groups in total. The zero-order valence-corrected chi connectivity index (χ0v) is 6.50. The summed E-state index contributed by atoms with van der Waals surface area (Å²) in [5.74, 6) is 0.710. The first-order valence-electron chi connectivity index (χ1n) is 4.08. The molecular formula is C9H12O2. The van der Waals surface area contributed by atoms with Crippen molar-refractivity contribution in [2.24, 2.45) is 0 Å². The Morgan fingerprint density at radius 1 is 1.64 bits per heavy atom. The maximum absolute atomic E-state index is 8.82. The van der Waals surface area contributed by atoms with Crippen LogP contribution in [0.5, 0.6) is 5.75 Å². The van der Waals surface area contributed by atoms with Crippen LogP contribution >= 0.6 is 0 Å². The fourth-order valence-corrected chi connectivity index (χ4v) is 0.930. The molecule has 0 saturated carbocycles. The number of hydrogen-bond donors (Lipinski definition) is 1. The summed E-state index contributed by atoms with van der Waals surface area (Å²) < 4.78 is 12.2. The van der Waals surface area contributed by atoms with Gasteiger partial charge >= 0.3 is 0 Å². The molecule has 0 fully saturated rings. The van der Waals surface area contributed by atoms with Gasteiger partial charge in [0.25, 0.3) is 0 Å². The molecule has 11 heavy (non-hydrogen) atoms. The Bertz CT molecular complexity index is 261. The van der Waals surface area contributed by atoms with Crippen LogP contribution in [0.15, 0.2) is 18.2 Å². The molecule has 0 aliphatic rings. The molecule has 0 radical (unpaired) electrons. The minimum absolute atomic E-state index is 0.0109. The van der Waals surface area contributed by atoms with Gasteiger partial charge in [0, 0.05) is 1.37 Å². The average Bonchev–Trinajstić information content (AvgIpc) is 2.16. The second-order valence-corrected chi connectivity index (χ2v) is 2.30. The summed E-state index contributed by atoms with van der Waals surface area (Å²) in [6, 6.07) is 5.35. The minimum atomic E-state index is 0.0109. The molecule has 2 nitrogen and oxygen atoms in total. The molecule has 1 aromatic carbocycles. The van der Waals surface area contributed by atoms with Crippen molar-refractivity contribution in [3.63, 3.8) is 0 Å². The monoisotopic (exact) mass is 153 g/mol. The SMILES string of the molecule is [2H]Cc1cc(CO)ccc1OC. The molecule has 2 heteroatoms. The second-order valence-electron chi connectivity index (χ2n) is 2.30. The third-order valence-corrected chi connectivity index (χ3v) is 1.53. The molecule has 0 heterocycles. The Labute approximate surface area is 67.8 Å². The summed E-state index contributed by atoms with van der Waals surface area (Å²) in [4.78, 5) is 0. The van der Waals surface area contributed by atoms with Crippen molar-refractivity contribution in [2.45, 2.75) is 13.5 Å². The lowest BCUT2D eigenvalue weighted by Crippen LogP contribution is -1.89. The van der Waals surface area contributed by atoms with Crippen molar-refractivity contribution in [2.75, 3.05) is 7.11 Å². The van der Waals surface area contributed by atoms with E-state index >= 15 is 0 Å². The van der Waals surface area contributed by atoms with Crippen LogP contribution in [0.1, 0.15) is 12.5 Å². The predicted molar refractivity (Wildman–Crippen MR) is 43.7 cm³/mol. The lowest BCUT2D eigenvalue weighted by Gasteiger charge is -2.04. The van der Waals surface area contributed by atoms with Gasteiger partial charge in [-0.25, -0.2) is 0 Å². The minimum Gasteiger partial charge on any atom is -0.496 e. The molecule has 0 unspecified atom stereocenters. The van der Waals surface area contributed by atoms with Gasteiger partial charge in [0.2, 0.25) is 0 Å². The number of aliphatic hydroxyl groups excluding tert-OH is 1. The van der Waals surface area contributed by atoms with Gasteiger partial charge in [-0.05, 0) is 24.1 Å². The van der Waals surface area contributed by atoms with Crippen LogP contribution in [0, 0.1) is 6.90 Å². The highest BCUT2D eigenvalue weighted by molar-refractivity contribution is 5.35. The van der Waals surface area contributed by atoms with Crippen LogP contribution in [-0.4, -0.2) is 12.2 Å². The number of rotatable bonds is 2. The van der Waals surface area contributed by atoms with Crippen LogP contribution in [0.25, 0.3) is 0 Å². The van der Waals surface area contributed by atoms with E-state index in [-0.39, 0.29) is 13.5 Å². The molecular weight excluding hydrogens is 140 g/mol. The van der Waals surface area contributed by atoms with E-state index in [2.05, 4.69) is 0 Å². The number of ether oxygens (including phenoxy) is 1. The largest absolute Gasteiger partial charge is 0.496 e. The topological polar surface area (TPSA) is 29.5 Å². The van der Waals surface area contributed by atoms with Gasteiger partial charge in [0.05, 0.1) is 13.7 Å². The standard InChI is InChI=1S/C9H12O2/c1-7-5-8(6-10)3-4-9(7)11-2/h3-5,10H,6H2,1-2H3/i1D. The molecule has 0 aliphatic heterocycles. The Morgan fingerprint density at radius 3 is 3.00 bits per heavy atom. The van der Waals surface area contributed by atoms with E-state index in [0.717, 1.165) is 11.1 Å². The first-order chi connectivity index (χ1) is 5.81. The lowest BCUT2D eigenvalue weighted by atomic mass is 10.1. The normalized spacial score (nSPS) is 10.9. The van der Waals surface area contributed by atoms with E-state index in [1.807, 2.05) is 0 Å². The summed E-state index contributed by atoms with van der Waals surface area (Å²) >= 11 is 0. The van der Waals surface area contributed by atoms with E-state index in [1.54, 1.807) is 25.3 Å². The van der Waals surface area contributed by atoms with Crippen LogP contribution in [0.4, 0.5) is 0 Å². The molecule has 1 rings (SSSR count). The highest BCUT2D eigenvalue weighted by atomic mass is 16.5. The zero-order chi connectivity index (χ0) is 8.97. The van der Waals surface area contributed by atoms with Crippen molar-refractivity contribution < 1.29 is 11.2 Å². The molecule has 0 amide bonds. The first-order valence-corrected chi connectivity index (χ1v) is 3.37. The summed E-state index contributed by atoms with van der Waals surface area (Å²) in [5.41, 5.74) is 1.63. The van der Waals surface area contributed by atoms with Gasteiger partial charge < -0.3 is 9.84 Å². The molecule has 0 aliphatic carbocycles. The molecule has 60 valence electrons. The first kappa shape index (κ1) is 6.68. The Hall–Kier alpha value is -1.02. The maximum Gasteiger partial charge on any atom is 0.121 e. The molecule has 0 atom stereocenters. The van der Waals surface area contributed by atoms with Gasteiger partial charge in [-0.3, -0.25) is 0 Å². The molecule has 0 spiro atoms. The van der Waals surface area contributed by atoms with Crippen molar-refractivity contribution in [3.05, 3.63) is 29.3 Å². The van der Waals surface area contributed by atoms with E-state index in [1.165, 1.54) is 0 Å². The molecule has 1 aromatic rings. The average molecular weight is 153 g/mol. The number of aliphatic hydroxyl groups is 1. The molecule has 0 bridgehead atoms. The Balaban J connectivity index is 3.02. The number of hydrogen-bond acceptors (Lipinski definition) is 2. The molecule has 0 aromatic heterocycles. The van der Waals surface area contributed by atoms with Crippen LogP contribution in [0.2, 0.25) is 0 Å². The second kappa shape index (κ2) is 3.39. The van der Waals surface area contributed by atoms with Crippen molar-refractivity contribution in [1.29, 1.82) is 0 Å². The Kier molecular flexibility index (Phi) is 2.06. The number of methoxy groups -OCH3 is 1. The zero-order valence-electron chi connectivity index (χ0n) is 7.50. The highest BCUT2D eigenvalue weighted by Gasteiger charge is 1.97. The third kappa shape index (κ3) is 1.71. The van der Waals surface area contributed by atoms with Crippen molar-refractivity contribution in [1.82, 2.24) is 0 Å². The number of benzene rings is 1. The van der Waals surface area contributed by atoms with Crippen LogP contribution in [-0.2, 0) is 6.61 Å². The van der Waals surface area contributed by atoms with Gasteiger partial charge in [-0.15, -0.1) is 0 Å². The van der Waals surface area contributed by atoms with Gasteiger partial charge in [-0.1, -0.05) is 12.1 Å². The fourth-order valence-electron chi connectivity index (χ4n) is 0.930. The van der Waals surface area contributed by atoms with Gasteiger partial charge in [-0.2, -0.15) is 0 Å². The quantitative estimate of drug-likeness (QED) is 0.697. The summed E-state index contributed by atoms with van der Waals surface area (Å²) in [5, 5.41) is 8.82.